The van der Waals surface area contributed by atoms with Crippen molar-refractivity contribution in [1.82, 2.24) is 0 Å². The Morgan fingerprint density at radius 1 is 0.544 bits per heavy atom. The van der Waals surface area contributed by atoms with Gasteiger partial charge in [0.25, 0.3) is 6.71 Å². The number of nitrogens with zero attached hydrogens (tertiary/aromatic N) is 2. The van der Waals surface area contributed by atoms with Crippen LogP contribution in [0.2, 0.25) is 0 Å². The normalized spacial score (nSPS) is 18.6. The van der Waals surface area contributed by atoms with E-state index in [0.29, 0.717) is 0 Å². The summed E-state index contributed by atoms with van der Waals surface area (Å²) in [6.07, 6.45) is 4.54. The van der Waals surface area contributed by atoms with Gasteiger partial charge in [-0.3, -0.25) is 0 Å². The van der Waals surface area contributed by atoms with Crippen LogP contribution in [0.3, 0.4) is 0 Å². The molecule has 4 aliphatic rings. The molecule has 0 N–H and O–H groups in total. The summed E-state index contributed by atoms with van der Waals surface area (Å²) < 4.78 is 7.78. The van der Waals surface area contributed by atoms with Gasteiger partial charge in [0.15, 0.2) is 0 Å². The second kappa shape index (κ2) is 15.0. The molecule has 0 spiro atoms. The average Bonchev–Trinajstić information content (AvgIpc) is 3.67. The van der Waals surface area contributed by atoms with Gasteiger partial charge in [0.1, 0.15) is 5.76 Å². The summed E-state index contributed by atoms with van der Waals surface area (Å²) in [5.74, 6) is 1.18. The molecule has 3 nitrogen and oxygen atoms in total. The van der Waals surface area contributed by atoms with E-state index in [-0.39, 0.29) is 44.6 Å². The third-order valence-corrected chi connectivity index (χ3v) is 17.1. The lowest BCUT2D eigenvalue weighted by Gasteiger charge is -2.47. The van der Waals surface area contributed by atoms with Crippen LogP contribution in [-0.2, 0) is 44.4 Å². The number of hydrogen-bond acceptors (Lipinski definition) is 3. The van der Waals surface area contributed by atoms with Crippen molar-refractivity contribution in [3.05, 3.63) is 141 Å². The van der Waals surface area contributed by atoms with Gasteiger partial charge in [-0.2, -0.15) is 0 Å². The number of fused-ring (bicyclic) bond motifs is 7. The molecular formula is C64H79BN2O. The molecule has 3 heterocycles. The van der Waals surface area contributed by atoms with Crippen molar-refractivity contribution < 1.29 is 4.42 Å². The molecule has 0 unspecified atom stereocenters. The SMILES string of the molecule is Cc1cc2c3c(c1)N(c1ccc(C(C)(C)C)cc1)c1cc4c(cc1B3c1oc3c(c1N2Cc1ccc(C(C)(C)C)cc1-c1ccc(C(C)(C)C)cc1)C(C)(C)CCC3(C)C)C(C)(C)CCC4(C)C. The van der Waals surface area contributed by atoms with E-state index in [9.17, 15) is 0 Å². The van der Waals surface area contributed by atoms with Crippen molar-refractivity contribution in [3.63, 3.8) is 0 Å². The van der Waals surface area contributed by atoms with E-state index in [1.807, 2.05) is 0 Å². The van der Waals surface area contributed by atoms with Crippen molar-refractivity contribution in [2.45, 2.75) is 195 Å². The number of hydrogen-bond donors (Lipinski definition) is 0. The minimum atomic E-state index is -0.104. The lowest BCUT2D eigenvalue weighted by molar-refractivity contribution is 0.282. The van der Waals surface area contributed by atoms with Gasteiger partial charge in [-0.05, 0) is 156 Å². The van der Waals surface area contributed by atoms with Crippen LogP contribution < -0.4 is 26.4 Å². The molecule has 5 aromatic carbocycles. The van der Waals surface area contributed by atoms with Crippen molar-refractivity contribution in [1.29, 1.82) is 0 Å². The number of furan rings is 1. The van der Waals surface area contributed by atoms with Gasteiger partial charge in [-0.15, -0.1) is 0 Å². The van der Waals surface area contributed by atoms with Gasteiger partial charge in [0.2, 0.25) is 0 Å². The summed E-state index contributed by atoms with van der Waals surface area (Å²) in [6.45, 7) is 43.6. The molecule has 0 fully saturated rings. The van der Waals surface area contributed by atoms with E-state index >= 15 is 0 Å². The van der Waals surface area contributed by atoms with Crippen LogP contribution in [0.4, 0.5) is 28.4 Å². The predicted molar refractivity (Wildman–Crippen MR) is 294 cm³/mol. The van der Waals surface area contributed by atoms with Gasteiger partial charge in [-0.25, -0.2) is 0 Å². The van der Waals surface area contributed by atoms with E-state index in [1.54, 1.807) is 0 Å². The first kappa shape index (κ1) is 46.8. The van der Waals surface area contributed by atoms with Crippen molar-refractivity contribution in [2.24, 2.45) is 0 Å². The van der Waals surface area contributed by atoms with Gasteiger partial charge >= 0.3 is 0 Å². The largest absolute Gasteiger partial charge is 0.472 e. The highest BCUT2D eigenvalue weighted by Gasteiger charge is 2.53. The Bertz CT molecular complexity index is 2990. The topological polar surface area (TPSA) is 19.6 Å². The second-order valence-electron chi connectivity index (χ2n) is 27.3. The highest BCUT2D eigenvalue weighted by Crippen LogP contribution is 2.55. The predicted octanol–water partition coefficient (Wildman–Crippen LogP) is 15.8. The summed E-state index contributed by atoms with van der Waals surface area (Å²) in [5, 5.41) is 0. The zero-order chi connectivity index (χ0) is 49.1. The van der Waals surface area contributed by atoms with E-state index in [4.69, 9.17) is 4.42 Å². The molecule has 0 amide bonds. The number of rotatable bonds is 4. The first-order valence-corrected chi connectivity index (χ1v) is 25.9. The van der Waals surface area contributed by atoms with Crippen molar-refractivity contribution in [3.8, 4) is 11.1 Å². The van der Waals surface area contributed by atoms with Crippen LogP contribution in [0.25, 0.3) is 11.1 Å². The first-order valence-electron chi connectivity index (χ1n) is 25.9. The van der Waals surface area contributed by atoms with Gasteiger partial charge in [0.05, 0.1) is 11.3 Å². The lowest BCUT2D eigenvalue weighted by atomic mass is 9.35. The van der Waals surface area contributed by atoms with Crippen molar-refractivity contribution >= 4 is 51.7 Å². The van der Waals surface area contributed by atoms with Crippen LogP contribution in [0.5, 0.6) is 0 Å². The van der Waals surface area contributed by atoms with Gasteiger partial charge < -0.3 is 14.2 Å². The van der Waals surface area contributed by atoms with E-state index < -0.39 is 0 Å². The maximum absolute atomic E-state index is 7.78. The Hall–Kier alpha value is -4.96. The van der Waals surface area contributed by atoms with Crippen LogP contribution in [0, 0.1) is 6.92 Å². The fourth-order valence-electron chi connectivity index (χ4n) is 12.4. The summed E-state index contributed by atoms with van der Waals surface area (Å²) in [6, 6.07) is 36.5. The fourth-order valence-corrected chi connectivity index (χ4v) is 12.4. The molecule has 354 valence electrons. The standard InChI is InChI=1S/C64H79BN2O/c1-39-33-51-54-52(34-39)67(45-27-25-43(26-28-45)59(5,6)7)50-37-48-47(61(11,12)29-30-62(48,13)14)36-49(50)65(54)57-55(53-56(68-57)64(17,18)32-31-63(53,15)16)66(51)38-41-21-24-44(60(8,9)10)35-46(41)40-19-22-42(23-20-40)58(2,3)4/h19-28,33-37H,29-32,38H2,1-18H3. The molecule has 1 aromatic heterocycles. The summed E-state index contributed by atoms with van der Waals surface area (Å²) in [5.41, 5.74) is 23.9. The zero-order valence-electron chi connectivity index (χ0n) is 45.1. The number of anilines is 5. The third-order valence-electron chi connectivity index (χ3n) is 17.1. The summed E-state index contributed by atoms with van der Waals surface area (Å²) in [7, 11) is 0. The Kier molecular flexibility index (Phi) is 10.3. The van der Waals surface area contributed by atoms with Gasteiger partial charge in [-0.1, -0.05) is 178 Å². The van der Waals surface area contributed by atoms with E-state index in [1.165, 1.54) is 114 Å². The smallest absolute Gasteiger partial charge is 0.297 e. The van der Waals surface area contributed by atoms with Gasteiger partial charge in [0, 0.05) is 40.3 Å². The maximum atomic E-state index is 7.78. The second-order valence-corrected chi connectivity index (χ2v) is 27.3. The summed E-state index contributed by atoms with van der Waals surface area (Å²) in [4.78, 5) is 5.35. The van der Waals surface area contributed by atoms with Crippen LogP contribution in [0.1, 0.15) is 194 Å². The highest BCUT2D eigenvalue weighted by atomic mass is 16.3. The monoisotopic (exact) mass is 903 g/mol. The Morgan fingerprint density at radius 3 is 1.65 bits per heavy atom. The van der Waals surface area contributed by atoms with Crippen molar-refractivity contribution in [2.75, 3.05) is 9.80 Å². The Balaban J connectivity index is 1.29. The third kappa shape index (κ3) is 7.44. The Labute approximate surface area is 411 Å². The lowest BCUT2D eigenvalue weighted by Crippen LogP contribution is -2.62. The first-order chi connectivity index (χ1) is 31.5. The molecular weight excluding hydrogens is 824 g/mol. The maximum Gasteiger partial charge on any atom is 0.297 e. The number of aryl methyl sites for hydroxylation is 1. The highest BCUT2D eigenvalue weighted by molar-refractivity contribution is 6.99. The van der Waals surface area contributed by atoms with Crippen LogP contribution in [0.15, 0.2) is 95.4 Å². The average molecular weight is 903 g/mol. The van der Waals surface area contributed by atoms with Crippen LogP contribution >= 0.6 is 0 Å². The van der Waals surface area contributed by atoms with E-state index in [2.05, 4.69) is 225 Å². The minimum absolute atomic E-state index is 0.00387. The molecule has 0 saturated carbocycles. The fraction of sp³-hybridized carbons (Fsp3) is 0.469. The molecule has 0 bridgehead atoms. The van der Waals surface area contributed by atoms with Crippen LogP contribution in [-0.4, -0.2) is 6.71 Å². The molecule has 6 aromatic rings. The molecule has 4 heteroatoms. The molecule has 2 aliphatic heterocycles. The minimum Gasteiger partial charge on any atom is -0.472 e. The zero-order valence-corrected chi connectivity index (χ0v) is 45.1. The molecule has 0 radical (unpaired) electrons. The number of benzene rings is 5. The quantitative estimate of drug-likeness (QED) is 0.164. The molecule has 0 atom stereocenters. The molecule has 10 rings (SSSR count). The molecule has 0 saturated heterocycles. The molecule has 68 heavy (non-hydrogen) atoms. The molecule has 2 aliphatic carbocycles. The Morgan fingerprint density at radius 2 is 1.06 bits per heavy atom. The summed E-state index contributed by atoms with van der Waals surface area (Å²) >= 11 is 0. The van der Waals surface area contributed by atoms with E-state index in [0.717, 1.165) is 25.0 Å².